The Morgan fingerprint density at radius 2 is 2.05 bits per heavy atom. The summed E-state index contributed by atoms with van der Waals surface area (Å²) in [5.74, 6) is -0.202. The molecule has 0 radical (unpaired) electrons. The number of amides is 1. The van der Waals surface area contributed by atoms with Gasteiger partial charge in [-0.3, -0.25) is 18.7 Å². The van der Waals surface area contributed by atoms with Gasteiger partial charge in [0.05, 0.1) is 0 Å². The quantitative estimate of drug-likeness (QED) is 0.754. The van der Waals surface area contributed by atoms with Gasteiger partial charge < -0.3 is 11.1 Å². The van der Waals surface area contributed by atoms with E-state index in [1.54, 1.807) is 6.92 Å². The van der Waals surface area contributed by atoms with Crippen LogP contribution in [0, 0.1) is 0 Å². The van der Waals surface area contributed by atoms with Crippen LogP contribution >= 0.6 is 0 Å². The van der Waals surface area contributed by atoms with Crippen LogP contribution in [0.1, 0.15) is 27.2 Å². The van der Waals surface area contributed by atoms with Crippen LogP contribution in [0.4, 0.5) is 5.69 Å². The lowest BCUT2D eigenvalue weighted by molar-refractivity contribution is -0.121. The molecule has 0 aliphatic carbocycles. The van der Waals surface area contributed by atoms with E-state index in [0.717, 1.165) is 4.57 Å². The molecule has 7 nitrogen and oxygen atoms in total. The molecule has 0 unspecified atom stereocenters. The maximum Gasteiger partial charge on any atom is 0.331 e. The fourth-order valence-electron chi connectivity index (χ4n) is 1.71. The first-order valence-corrected chi connectivity index (χ1v) is 6.26. The Morgan fingerprint density at radius 1 is 1.42 bits per heavy atom. The lowest BCUT2D eigenvalue weighted by atomic mass is 10.3. The number of rotatable bonds is 5. The number of aromatic nitrogens is 2. The second kappa shape index (κ2) is 6.21. The molecular weight excluding hydrogens is 248 g/mol. The number of anilines is 1. The van der Waals surface area contributed by atoms with Crippen molar-refractivity contribution in [1.82, 2.24) is 14.5 Å². The highest BCUT2D eigenvalue weighted by molar-refractivity contribution is 5.76. The highest BCUT2D eigenvalue weighted by atomic mass is 16.2. The van der Waals surface area contributed by atoms with Gasteiger partial charge in [0.2, 0.25) is 5.91 Å². The lowest BCUT2D eigenvalue weighted by Crippen LogP contribution is -2.41. The number of hydrogen-bond donors (Lipinski definition) is 2. The number of nitrogens with zero attached hydrogens (tertiary/aromatic N) is 2. The van der Waals surface area contributed by atoms with Crippen LogP contribution in [0.15, 0.2) is 15.8 Å². The molecule has 19 heavy (non-hydrogen) atoms. The van der Waals surface area contributed by atoms with Crippen molar-refractivity contribution in [1.29, 1.82) is 0 Å². The SMILES string of the molecule is CCn1cc(N)c(=O)n(CCC(=O)NC(C)C)c1=O. The number of nitrogens with one attached hydrogen (secondary N) is 1. The van der Waals surface area contributed by atoms with Gasteiger partial charge in [0, 0.05) is 31.7 Å². The van der Waals surface area contributed by atoms with E-state index in [1.807, 2.05) is 13.8 Å². The predicted molar refractivity (Wildman–Crippen MR) is 72.9 cm³/mol. The summed E-state index contributed by atoms with van der Waals surface area (Å²) in [6, 6.07) is 0.0253. The van der Waals surface area contributed by atoms with Crippen molar-refractivity contribution in [2.75, 3.05) is 5.73 Å². The minimum atomic E-state index is -0.549. The van der Waals surface area contributed by atoms with E-state index in [9.17, 15) is 14.4 Å². The van der Waals surface area contributed by atoms with Gasteiger partial charge in [-0.05, 0) is 20.8 Å². The van der Waals surface area contributed by atoms with Crippen LogP contribution in [0.3, 0.4) is 0 Å². The summed E-state index contributed by atoms with van der Waals surface area (Å²) in [4.78, 5) is 35.3. The summed E-state index contributed by atoms with van der Waals surface area (Å²) in [6.07, 6.45) is 1.40. The summed E-state index contributed by atoms with van der Waals surface area (Å²) >= 11 is 0. The molecule has 0 spiro atoms. The smallest absolute Gasteiger partial charge is 0.331 e. The lowest BCUT2D eigenvalue weighted by Gasteiger charge is -2.11. The average molecular weight is 268 g/mol. The van der Waals surface area contributed by atoms with Crippen molar-refractivity contribution < 1.29 is 4.79 Å². The Kier molecular flexibility index (Phi) is 4.91. The number of aryl methyl sites for hydroxylation is 1. The van der Waals surface area contributed by atoms with Gasteiger partial charge in [-0.25, -0.2) is 4.79 Å². The Morgan fingerprint density at radius 3 is 2.58 bits per heavy atom. The topological polar surface area (TPSA) is 99.1 Å². The zero-order chi connectivity index (χ0) is 14.6. The van der Waals surface area contributed by atoms with Crippen molar-refractivity contribution in [2.24, 2.45) is 0 Å². The monoisotopic (exact) mass is 268 g/mol. The molecule has 0 aromatic carbocycles. The first-order chi connectivity index (χ1) is 8.86. The average Bonchev–Trinajstić information content (AvgIpc) is 2.32. The maximum atomic E-state index is 11.9. The third-order valence-corrected chi connectivity index (χ3v) is 2.62. The standard InChI is InChI=1S/C12H20N4O3/c1-4-15-7-9(13)11(18)16(12(15)19)6-5-10(17)14-8(2)3/h7-8H,4-6,13H2,1-3H3,(H,14,17). The van der Waals surface area contributed by atoms with E-state index in [1.165, 1.54) is 10.8 Å². The van der Waals surface area contributed by atoms with Crippen molar-refractivity contribution in [3.05, 3.63) is 27.0 Å². The summed E-state index contributed by atoms with van der Waals surface area (Å²) in [5, 5.41) is 2.70. The van der Waals surface area contributed by atoms with Crippen molar-refractivity contribution in [3.8, 4) is 0 Å². The van der Waals surface area contributed by atoms with Crippen LogP contribution in [0.25, 0.3) is 0 Å². The third kappa shape index (κ3) is 3.70. The molecule has 0 saturated carbocycles. The fourth-order valence-corrected chi connectivity index (χ4v) is 1.71. The predicted octanol–water partition coefficient (Wildman–Crippen LogP) is -0.473. The number of nitrogens with two attached hydrogens (primary N) is 1. The van der Waals surface area contributed by atoms with Gasteiger partial charge >= 0.3 is 5.69 Å². The van der Waals surface area contributed by atoms with Crippen LogP contribution in [0.2, 0.25) is 0 Å². The Bertz CT molecular complexity index is 571. The maximum absolute atomic E-state index is 11.9. The molecule has 1 aromatic rings. The number of carbonyl (C=O) groups is 1. The number of hydrogen-bond acceptors (Lipinski definition) is 4. The van der Waals surface area contributed by atoms with E-state index in [0.29, 0.717) is 6.54 Å². The van der Waals surface area contributed by atoms with Gasteiger partial charge in [0.1, 0.15) is 5.69 Å². The second-order valence-corrected chi connectivity index (χ2v) is 4.58. The van der Waals surface area contributed by atoms with Crippen LogP contribution in [-0.4, -0.2) is 21.1 Å². The van der Waals surface area contributed by atoms with Crippen molar-refractivity contribution >= 4 is 11.6 Å². The molecule has 0 aliphatic rings. The molecule has 0 saturated heterocycles. The van der Waals surface area contributed by atoms with Gasteiger partial charge in [0.15, 0.2) is 0 Å². The fraction of sp³-hybridized carbons (Fsp3) is 0.583. The number of nitrogen functional groups attached to an aromatic ring is 1. The van der Waals surface area contributed by atoms with Gasteiger partial charge in [0.25, 0.3) is 5.56 Å². The summed E-state index contributed by atoms with van der Waals surface area (Å²) in [5.41, 5.74) is 4.57. The molecule has 0 aliphatic heterocycles. The largest absolute Gasteiger partial charge is 0.393 e. The first-order valence-electron chi connectivity index (χ1n) is 6.26. The van der Waals surface area contributed by atoms with E-state index in [-0.39, 0.29) is 30.6 Å². The van der Waals surface area contributed by atoms with Gasteiger partial charge in [-0.2, -0.15) is 0 Å². The molecule has 1 rings (SSSR count). The summed E-state index contributed by atoms with van der Waals surface area (Å²) < 4.78 is 2.34. The molecule has 7 heteroatoms. The van der Waals surface area contributed by atoms with Crippen LogP contribution in [-0.2, 0) is 17.9 Å². The highest BCUT2D eigenvalue weighted by Gasteiger charge is 2.10. The van der Waals surface area contributed by atoms with Crippen LogP contribution in [0.5, 0.6) is 0 Å². The molecule has 0 fully saturated rings. The summed E-state index contributed by atoms with van der Waals surface area (Å²) in [6.45, 7) is 5.91. The second-order valence-electron chi connectivity index (χ2n) is 4.58. The Labute approximate surface area is 111 Å². The minimum Gasteiger partial charge on any atom is -0.393 e. The first kappa shape index (κ1) is 15.0. The molecule has 106 valence electrons. The van der Waals surface area contributed by atoms with Crippen molar-refractivity contribution in [3.63, 3.8) is 0 Å². The highest BCUT2D eigenvalue weighted by Crippen LogP contribution is 1.92. The molecule has 0 bridgehead atoms. The molecule has 1 heterocycles. The summed E-state index contributed by atoms with van der Waals surface area (Å²) in [7, 11) is 0. The molecule has 1 amide bonds. The van der Waals surface area contributed by atoms with E-state index >= 15 is 0 Å². The molecule has 0 atom stereocenters. The number of carbonyl (C=O) groups excluding carboxylic acids is 1. The molecule has 1 aromatic heterocycles. The van der Waals surface area contributed by atoms with E-state index in [4.69, 9.17) is 5.73 Å². The zero-order valence-electron chi connectivity index (χ0n) is 11.5. The Hall–Kier alpha value is -2.05. The minimum absolute atomic E-state index is 0.00529. The van der Waals surface area contributed by atoms with E-state index in [2.05, 4.69) is 5.32 Å². The Balaban J connectivity index is 2.96. The van der Waals surface area contributed by atoms with E-state index < -0.39 is 11.2 Å². The molecule has 3 N–H and O–H groups in total. The van der Waals surface area contributed by atoms with Crippen LogP contribution < -0.4 is 22.3 Å². The van der Waals surface area contributed by atoms with Crippen molar-refractivity contribution in [2.45, 2.75) is 46.3 Å². The third-order valence-electron chi connectivity index (χ3n) is 2.62. The normalized spacial score (nSPS) is 10.7. The van der Waals surface area contributed by atoms with Gasteiger partial charge in [-0.1, -0.05) is 0 Å². The van der Waals surface area contributed by atoms with Gasteiger partial charge in [-0.15, -0.1) is 0 Å². The molecular formula is C12H20N4O3. The zero-order valence-corrected chi connectivity index (χ0v) is 11.5.